The minimum Gasteiger partial charge on any atom is -0.484 e. The van der Waals surface area contributed by atoms with Crippen LogP contribution in [0.2, 0.25) is 0 Å². The number of halogens is 4. The summed E-state index contributed by atoms with van der Waals surface area (Å²) in [6.45, 7) is 1.06. The molecule has 170 valence electrons. The number of amides is 1. The lowest BCUT2D eigenvalue weighted by atomic mass is 9.88. The molecule has 1 amide bonds. The number of carbonyl (C=O) groups excluding carboxylic acids is 1. The van der Waals surface area contributed by atoms with Gasteiger partial charge in [0.05, 0.1) is 5.66 Å². The fourth-order valence-corrected chi connectivity index (χ4v) is 3.71. The summed E-state index contributed by atoms with van der Waals surface area (Å²) < 4.78 is 42.7. The lowest BCUT2D eigenvalue weighted by Crippen LogP contribution is -2.61. The second-order valence-electron chi connectivity index (χ2n) is 7.45. The number of alkyl halides is 3. The van der Waals surface area contributed by atoms with Crippen LogP contribution >= 0.6 is 12.4 Å². The van der Waals surface area contributed by atoms with Crippen LogP contribution in [-0.2, 0) is 17.0 Å². The molecule has 2 aromatic carbocycles. The van der Waals surface area contributed by atoms with Crippen LogP contribution in [0.25, 0.3) is 0 Å². The maximum absolute atomic E-state index is 12.6. The number of hydrogen-bond donors (Lipinski definition) is 3. The van der Waals surface area contributed by atoms with Gasteiger partial charge in [-0.1, -0.05) is 48.5 Å². The van der Waals surface area contributed by atoms with Gasteiger partial charge < -0.3 is 10.1 Å². The summed E-state index contributed by atoms with van der Waals surface area (Å²) in [4.78, 5) is 11.4. The lowest BCUT2D eigenvalue weighted by Gasteiger charge is -2.43. The van der Waals surface area contributed by atoms with Gasteiger partial charge in [-0.15, -0.1) is 12.4 Å². The molecule has 2 aromatic rings. The van der Waals surface area contributed by atoms with Crippen LogP contribution in [0.15, 0.2) is 54.6 Å². The van der Waals surface area contributed by atoms with Gasteiger partial charge in [0, 0.05) is 31.6 Å². The molecule has 9 heteroatoms. The van der Waals surface area contributed by atoms with Crippen LogP contribution in [0.3, 0.4) is 0 Å². The Bertz CT molecular complexity index is 841. The molecule has 1 fully saturated rings. The van der Waals surface area contributed by atoms with Crippen molar-refractivity contribution in [3.63, 3.8) is 0 Å². The second kappa shape index (κ2) is 10.8. The predicted molar refractivity (Wildman–Crippen MR) is 115 cm³/mol. The van der Waals surface area contributed by atoms with E-state index in [2.05, 4.69) is 16.0 Å². The van der Waals surface area contributed by atoms with Crippen molar-refractivity contribution in [2.75, 3.05) is 13.2 Å². The first kappa shape index (κ1) is 25.0. The number of hydrogen-bond acceptors (Lipinski definition) is 4. The fourth-order valence-electron chi connectivity index (χ4n) is 3.71. The summed E-state index contributed by atoms with van der Waals surface area (Å²) in [5, 5.41) is 9.93. The quantitative estimate of drug-likeness (QED) is 0.590. The van der Waals surface area contributed by atoms with E-state index >= 15 is 0 Å². The Morgan fingerprint density at radius 3 is 2.45 bits per heavy atom. The third-order valence-electron chi connectivity index (χ3n) is 5.14. The van der Waals surface area contributed by atoms with Gasteiger partial charge in [-0.3, -0.25) is 15.4 Å². The molecule has 1 heterocycles. The van der Waals surface area contributed by atoms with Gasteiger partial charge in [0.25, 0.3) is 0 Å². The van der Waals surface area contributed by atoms with Crippen molar-refractivity contribution in [2.45, 2.75) is 44.2 Å². The number of ether oxygens (including phenoxy) is 1. The summed E-state index contributed by atoms with van der Waals surface area (Å²) in [5.74, 6) is 0.134. The first-order valence-electron chi connectivity index (χ1n) is 9.87. The molecule has 0 radical (unpaired) electrons. The highest BCUT2D eigenvalue weighted by Gasteiger charge is 2.36. The van der Waals surface area contributed by atoms with E-state index in [1.54, 1.807) is 24.3 Å². The molecule has 5 nitrogen and oxygen atoms in total. The average Bonchev–Trinajstić information content (AvgIpc) is 2.72. The van der Waals surface area contributed by atoms with Crippen LogP contribution in [0.4, 0.5) is 13.2 Å². The zero-order valence-electron chi connectivity index (χ0n) is 17.2. The largest absolute Gasteiger partial charge is 0.484 e. The fraction of sp³-hybridized carbons (Fsp3) is 0.409. The lowest BCUT2D eigenvalue weighted by molar-refractivity contribution is -0.153. The smallest absolute Gasteiger partial charge is 0.422 e. The molecule has 0 bridgehead atoms. The SMILES string of the molecule is CC(=O)NC1CCC(NCc2ccccc2OCC(F)(F)F)(c2ccccc2)NC1.Cl. The van der Waals surface area contributed by atoms with Gasteiger partial charge in [-0.05, 0) is 24.5 Å². The molecule has 3 N–H and O–H groups in total. The monoisotopic (exact) mass is 457 g/mol. The summed E-state index contributed by atoms with van der Waals surface area (Å²) in [7, 11) is 0. The third-order valence-corrected chi connectivity index (χ3v) is 5.14. The minimum atomic E-state index is -4.39. The molecule has 1 saturated heterocycles. The number of carbonyl (C=O) groups is 1. The van der Waals surface area contributed by atoms with Gasteiger partial charge in [-0.2, -0.15) is 13.2 Å². The van der Waals surface area contributed by atoms with Crippen molar-refractivity contribution in [3.8, 4) is 5.75 Å². The molecule has 0 aromatic heterocycles. The molecule has 0 saturated carbocycles. The van der Waals surface area contributed by atoms with E-state index in [0.29, 0.717) is 25.1 Å². The van der Waals surface area contributed by atoms with Crippen molar-refractivity contribution < 1.29 is 22.7 Å². The zero-order chi connectivity index (χ0) is 21.6. The third kappa shape index (κ3) is 7.12. The van der Waals surface area contributed by atoms with E-state index < -0.39 is 18.4 Å². The Labute approximate surface area is 186 Å². The molecule has 3 rings (SSSR count). The van der Waals surface area contributed by atoms with Crippen LogP contribution < -0.4 is 20.7 Å². The molecule has 2 atom stereocenters. The van der Waals surface area contributed by atoms with Crippen molar-refractivity contribution in [1.29, 1.82) is 0 Å². The van der Waals surface area contributed by atoms with Gasteiger partial charge in [0.15, 0.2) is 6.61 Å². The van der Waals surface area contributed by atoms with Crippen LogP contribution in [0.1, 0.15) is 30.9 Å². The Balaban J connectivity index is 0.00000341. The van der Waals surface area contributed by atoms with E-state index in [1.165, 1.54) is 6.92 Å². The van der Waals surface area contributed by atoms with Gasteiger partial charge in [-0.25, -0.2) is 0 Å². The maximum Gasteiger partial charge on any atom is 0.422 e. The van der Waals surface area contributed by atoms with Crippen molar-refractivity contribution in [1.82, 2.24) is 16.0 Å². The molecular formula is C22H27ClF3N3O2. The molecule has 2 unspecified atom stereocenters. The normalized spacial score (nSPS) is 21.1. The van der Waals surface area contributed by atoms with Crippen LogP contribution in [0.5, 0.6) is 5.75 Å². The Morgan fingerprint density at radius 1 is 1.16 bits per heavy atom. The number of para-hydroxylation sites is 1. The van der Waals surface area contributed by atoms with Crippen LogP contribution in [0, 0.1) is 0 Å². The number of nitrogens with one attached hydrogen (secondary N) is 3. The first-order valence-corrected chi connectivity index (χ1v) is 9.87. The minimum absolute atomic E-state index is 0. The Morgan fingerprint density at radius 2 is 1.84 bits per heavy atom. The average molecular weight is 458 g/mol. The van der Waals surface area contributed by atoms with Gasteiger partial charge in [0.2, 0.25) is 5.91 Å². The summed E-state index contributed by atoms with van der Waals surface area (Å²) >= 11 is 0. The van der Waals surface area contributed by atoms with Crippen molar-refractivity contribution in [2.24, 2.45) is 0 Å². The predicted octanol–water partition coefficient (Wildman–Crippen LogP) is 3.88. The van der Waals surface area contributed by atoms with Crippen molar-refractivity contribution in [3.05, 3.63) is 65.7 Å². The molecule has 0 spiro atoms. The van der Waals surface area contributed by atoms with Crippen LogP contribution in [-0.4, -0.2) is 31.3 Å². The second-order valence-corrected chi connectivity index (χ2v) is 7.45. The number of rotatable bonds is 7. The standard InChI is InChI=1S/C22H26F3N3O2.ClH/c1-16(29)28-19-11-12-21(27-14-19,18-8-3-2-4-9-18)26-13-17-7-5-6-10-20(17)30-15-22(23,24)25;/h2-10,19,26-27H,11-15H2,1H3,(H,28,29);1H. The van der Waals surface area contributed by atoms with Crippen molar-refractivity contribution >= 4 is 18.3 Å². The highest BCUT2D eigenvalue weighted by atomic mass is 35.5. The van der Waals surface area contributed by atoms with E-state index in [-0.39, 0.29) is 30.1 Å². The number of benzene rings is 2. The molecule has 0 aliphatic carbocycles. The highest BCUT2D eigenvalue weighted by Crippen LogP contribution is 2.30. The Hall–Kier alpha value is -2.29. The van der Waals surface area contributed by atoms with E-state index in [0.717, 1.165) is 12.0 Å². The summed E-state index contributed by atoms with van der Waals surface area (Å²) in [6, 6.07) is 16.6. The molecule has 31 heavy (non-hydrogen) atoms. The van der Waals surface area contributed by atoms with E-state index in [9.17, 15) is 18.0 Å². The maximum atomic E-state index is 12.6. The molecular weight excluding hydrogens is 431 g/mol. The Kier molecular flexibility index (Phi) is 8.73. The zero-order valence-corrected chi connectivity index (χ0v) is 18.0. The summed E-state index contributed by atoms with van der Waals surface area (Å²) in [5.41, 5.74) is 1.11. The van der Waals surface area contributed by atoms with E-state index in [4.69, 9.17) is 4.74 Å². The van der Waals surface area contributed by atoms with Gasteiger partial charge >= 0.3 is 6.18 Å². The van der Waals surface area contributed by atoms with Gasteiger partial charge in [0.1, 0.15) is 5.75 Å². The molecule has 1 aliphatic heterocycles. The highest BCUT2D eigenvalue weighted by molar-refractivity contribution is 5.85. The topological polar surface area (TPSA) is 62.4 Å². The van der Waals surface area contributed by atoms with E-state index in [1.807, 2.05) is 30.3 Å². The number of piperidine rings is 1. The first-order chi connectivity index (χ1) is 14.3. The molecule has 1 aliphatic rings. The summed E-state index contributed by atoms with van der Waals surface area (Å²) in [6.07, 6.45) is -2.93.